The fourth-order valence-electron chi connectivity index (χ4n) is 1.75. The van der Waals surface area contributed by atoms with E-state index in [9.17, 15) is 9.59 Å². The summed E-state index contributed by atoms with van der Waals surface area (Å²) >= 11 is 0. The zero-order valence-electron chi connectivity index (χ0n) is 10.4. The SMILES string of the molecule is CCOC(=O)CCN(C)C(=O)C(C)C1CC1. The van der Waals surface area contributed by atoms with Crippen LogP contribution in [0.2, 0.25) is 0 Å². The molecule has 1 aliphatic rings. The summed E-state index contributed by atoms with van der Waals surface area (Å²) in [5.74, 6) is 0.581. The molecule has 0 heterocycles. The van der Waals surface area contributed by atoms with Crippen LogP contribution in [0.25, 0.3) is 0 Å². The molecule has 1 unspecified atom stereocenters. The minimum Gasteiger partial charge on any atom is -0.466 e. The van der Waals surface area contributed by atoms with Crippen LogP contribution in [-0.2, 0) is 14.3 Å². The molecule has 0 aromatic heterocycles. The lowest BCUT2D eigenvalue weighted by atomic mass is 10.1. The molecule has 0 spiro atoms. The second-order valence-electron chi connectivity index (χ2n) is 4.44. The first-order chi connectivity index (χ1) is 7.56. The van der Waals surface area contributed by atoms with Crippen molar-refractivity contribution < 1.29 is 14.3 Å². The summed E-state index contributed by atoms with van der Waals surface area (Å²) in [4.78, 5) is 24.6. The number of rotatable bonds is 6. The third-order valence-electron chi connectivity index (χ3n) is 3.05. The van der Waals surface area contributed by atoms with Crippen molar-refractivity contribution >= 4 is 11.9 Å². The van der Waals surface area contributed by atoms with Crippen molar-refractivity contribution in [2.45, 2.75) is 33.1 Å². The highest BCUT2D eigenvalue weighted by molar-refractivity contribution is 5.79. The van der Waals surface area contributed by atoms with Crippen LogP contribution in [0.1, 0.15) is 33.1 Å². The Balaban J connectivity index is 2.25. The van der Waals surface area contributed by atoms with E-state index < -0.39 is 0 Å². The average molecular weight is 227 g/mol. The predicted molar refractivity (Wildman–Crippen MR) is 60.8 cm³/mol. The van der Waals surface area contributed by atoms with Crippen molar-refractivity contribution in [2.75, 3.05) is 20.2 Å². The zero-order valence-corrected chi connectivity index (χ0v) is 10.4. The van der Waals surface area contributed by atoms with Gasteiger partial charge in [-0.15, -0.1) is 0 Å². The Kier molecular flexibility index (Phi) is 4.77. The fourth-order valence-corrected chi connectivity index (χ4v) is 1.75. The first-order valence-electron chi connectivity index (χ1n) is 5.96. The number of nitrogens with zero attached hydrogens (tertiary/aromatic N) is 1. The molecule has 0 saturated heterocycles. The summed E-state index contributed by atoms with van der Waals surface area (Å²) in [7, 11) is 1.75. The quantitative estimate of drug-likeness (QED) is 0.645. The molecule has 0 radical (unpaired) electrons. The highest BCUT2D eigenvalue weighted by Gasteiger charge is 2.33. The standard InChI is InChI=1S/C12H21NO3/c1-4-16-11(14)7-8-13(3)12(15)9(2)10-5-6-10/h9-10H,4-8H2,1-3H3. The summed E-state index contributed by atoms with van der Waals surface area (Å²) in [5.41, 5.74) is 0. The maximum Gasteiger partial charge on any atom is 0.307 e. The van der Waals surface area contributed by atoms with Gasteiger partial charge in [0.05, 0.1) is 13.0 Å². The van der Waals surface area contributed by atoms with Crippen LogP contribution in [0.3, 0.4) is 0 Å². The highest BCUT2D eigenvalue weighted by Crippen LogP contribution is 2.37. The van der Waals surface area contributed by atoms with Crippen molar-refractivity contribution in [1.29, 1.82) is 0 Å². The molecule has 16 heavy (non-hydrogen) atoms. The Morgan fingerprint density at radius 1 is 1.44 bits per heavy atom. The molecule has 1 aliphatic carbocycles. The molecule has 0 aliphatic heterocycles. The molecule has 0 N–H and O–H groups in total. The van der Waals surface area contributed by atoms with Crippen LogP contribution in [0.4, 0.5) is 0 Å². The molecule has 1 fully saturated rings. The normalized spacial score (nSPS) is 16.7. The van der Waals surface area contributed by atoms with Crippen molar-refractivity contribution in [3.8, 4) is 0 Å². The number of hydrogen-bond acceptors (Lipinski definition) is 3. The van der Waals surface area contributed by atoms with E-state index in [0.29, 0.717) is 19.1 Å². The van der Waals surface area contributed by atoms with E-state index in [1.165, 1.54) is 12.8 Å². The van der Waals surface area contributed by atoms with Crippen molar-refractivity contribution in [3.05, 3.63) is 0 Å². The average Bonchev–Trinajstić information content (AvgIpc) is 3.08. The Morgan fingerprint density at radius 2 is 2.06 bits per heavy atom. The van der Waals surface area contributed by atoms with E-state index >= 15 is 0 Å². The fraction of sp³-hybridized carbons (Fsp3) is 0.833. The molecular weight excluding hydrogens is 206 g/mol. The molecule has 1 amide bonds. The van der Waals surface area contributed by atoms with E-state index in [0.717, 1.165) is 0 Å². The molecular formula is C12H21NO3. The lowest BCUT2D eigenvalue weighted by Gasteiger charge is -2.20. The van der Waals surface area contributed by atoms with Gasteiger partial charge in [0.2, 0.25) is 5.91 Å². The highest BCUT2D eigenvalue weighted by atomic mass is 16.5. The second-order valence-corrected chi connectivity index (χ2v) is 4.44. The van der Waals surface area contributed by atoms with Crippen molar-refractivity contribution in [2.24, 2.45) is 11.8 Å². The van der Waals surface area contributed by atoms with E-state index in [1.54, 1.807) is 18.9 Å². The number of carbonyl (C=O) groups is 2. The minimum atomic E-state index is -0.235. The monoisotopic (exact) mass is 227 g/mol. The van der Waals surface area contributed by atoms with Gasteiger partial charge in [-0.1, -0.05) is 6.92 Å². The molecule has 92 valence electrons. The van der Waals surface area contributed by atoms with Crippen molar-refractivity contribution in [1.82, 2.24) is 4.90 Å². The Hall–Kier alpha value is -1.06. The summed E-state index contributed by atoms with van der Waals surface area (Å²) in [5, 5.41) is 0. The van der Waals surface area contributed by atoms with Gasteiger partial charge in [0.15, 0.2) is 0 Å². The predicted octanol–water partition coefficient (Wildman–Crippen LogP) is 1.44. The Bertz CT molecular complexity index is 261. The summed E-state index contributed by atoms with van der Waals surface area (Å²) in [6, 6.07) is 0. The van der Waals surface area contributed by atoms with Crippen molar-refractivity contribution in [3.63, 3.8) is 0 Å². The largest absolute Gasteiger partial charge is 0.466 e. The first-order valence-corrected chi connectivity index (χ1v) is 5.96. The molecule has 0 aromatic carbocycles. The second kappa shape index (κ2) is 5.87. The van der Waals surface area contributed by atoms with E-state index in [1.807, 2.05) is 6.92 Å². The lowest BCUT2D eigenvalue weighted by Crippen LogP contribution is -2.34. The van der Waals surface area contributed by atoms with Gasteiger partial charge in [0, 0.05) is 19.5 Å². The van der Waals surface area contributed by atoms with E-state index in [-0.39, 0.29) is 24.2 Å². The maximum absolute atomic E-state index is 11.9. The smallest absolute Gasteiger partial charge is 0.307 e. The van der Waals surface area contributed by atoms with Gasteiger partial charge in [-0.3, -0.25) is 9.59 Å². The third-order valence-corrected chi connectivity index (χ3v) is 3.05. The summed E-state index contributed by atoms with van der Waals surface area (Å²) in [6.45, 7) is 4.60. The number of carbonyl (C=O) groups excluding carboxylic acids is 2. The molecule has 4 heteroatoms. The minimum absolute atomic E-state index is 0.104. The van der Waals surface area contributed by atoms with Gasteiger partial charge in [-0.2, -0.15) is 0 Å². The Morgan fingerprint density at radius 3 is 2.56 bits per heavy atom. The molecule has 0 aromatic rings. The Labute approximate surface area is 96.9 Å². The molecule has 1 saturated carbocycles. The number of esters is 1. The first kappa shape index (κ1) is 13.0. The number of amides is 1. The number of ether oxygens (including phenoxy) is 1. The van der Waals surface area contributed by atoms with Gasteiger partial charge in [0.1, 0.15) is 0 Å². The number of hydrogen-bond donors (Lipinski definition) is 0. The lowest BCUT2D eigenvalue weighted by molar-refractivity contribution is -0.144. The van der Waals surface area contributed by atoms with Crippen LogP contribution in [-0.4, -0.2) is 37.0 Å². The van der Waals surface area contributed by atoms with Crippen LogP contribution >= 0.6 is 0 Å². The van der Waals surface area contributed by atoms with Crippen LogP contribution < -0.4 is 0 Å². The summed E-state index contributed by atoms with van der Waals surface area (Å²) in [6.07, 6.45) is 2.62. The molecule has 1 rings (SSSR count). The van der Waals surface area contributed by atoms with Gasteiger partial charge < -0.3 is 9.64 Å². The van der Waals surface area contributed by atoms with Gasteiger partial charge in [-0.05, 0) is 25.7 Å². The van der Waals surface area contributed by atoms with Gasteiger partial charge in [0.25, 0.3) is 0 Å². The van der Waals surface area contributed by atoms with E-state index in [4.69, 9.17) is 4.74 Å². The van der Waals surface area contributed by atoms with Gasteiger partial charge in [-0.25, -0.2) is 0 Å². The summed E-state index contributed by atoms with van der Waals surface area (Å²) < 4.78 is 4.82. The topological polar surface area (TPSA) is 46.6 Å². The maximum atomic E-state index is 11.9. The van der Waals surface area contributed by atoms with Crippen LogP contribution in [0, 0.1) is 11.8 Å². The zero-order chi connectivity index (χ0) is 12.1. The van der Waals surface area contributed by atoms with E-state index in [2.05, 4.69) is 0 Å². The molecule has 0 bridgehead atoms. The molecule has 4 nitrogen and oxygen atoms in total. The van der Waals surface area contributed by atoms with Crippen LogP contribution in [0.15, 0.2) is 0 Å². The third kappa shape index (κ3) is 3.83. The van der Waals surface area contributed by atoms with Crippen LogP contribution in [0.5, 0.6) is 0 Å². The van der Waals surface area contributed by atoms with Gasteiger partial charge >= 0.3 is 5.97 Å². The molecule has 1 atom stereocenters.